The molecule has 0 aromatic heterocycles. The van der Waals surface area contributed by atoms with Gasteiger partial charge in [-0.2, -0.15) is 19.2 Å². The maximum Gasteiger partial charge on any atom is 1.00 e. The molecule has 528 valence electrons. The van der Waals surface area contributed by atoms with Gasteiger partial charge in [-0.15, -0.1) is 0 Å². The number of carboxylic acid groups (broad SMARTS) is 1. The molecule has 16 atom stereocenters. The van der Waals surface area contributed by atoms with Gasteiger partial charge in [0.15, 0.2) is 0 Å². The van der Waals surface area contributed by atoms with Crippen LogP contribution < -0.4 is 72.3 Å². The quantitative estimate of drug-likeness (QED) is 0.0358. The molecule has 95 heavy (non-hydrogen) atoms. The van der Waals surface area contributed by atoms with Gasteiger partial charge in [-0.3, -0.25) is 26.3 Å². The van der Waals surface area contributed by atoms with Crippen molar-refractivity contribution < 1.29 is 120 Å². The number of rotatable bonds is 29. The van der Waals surface area contributed by atoms with Crippen LogP contribution in [0, 0.1) is 99.7 Å². The maximum atomic E-state index is 12.5. The number of nitrogens with zero attached hydrogens (tertiary/aromatic N) is 2. The Hall–Kier alpha value is -2.29. The fraction of sp³-hybridized carbons (Fsp3) is 0.853. The fourth-order valence-electron chi connectivity index (χ4n) is 20.1. The average Bonchev–Trinajstić information content (AvgIpc) is 1.72. The van der Waals surface area contributed by atoms with Crippen LogP contribution in [0.2, 0.25) is 0 Å². The monoisotopic (exact) mass is 1310 g/mol. The second-order valence-corrected chi connectivity index (χ2v) is 30.8. The molecule has 0 aromatic rings. The zero-order valence-corrected chi connectivity index (χ0v) is 61.5. The van der Waals surface area contributed by atoms with Gasteiger partial charge in [0.1, 0.15) is 0 Å². The van der Waals surface area contributed by atoms with Crippen LogP contribution in [-0.2, 0) is 52.6 Å². The van der Waals surface area contributed by atoms with E-state index in [2.05, 4.69) is 99.1 Å². The number of carboxylic acids is 1. The van der Waals surface area contributed by atoms with Crippen molar-refractivity contribution in [2.45, 2.75) is 250 Å². The van der Waals surface area contributed by atoms with E-state index in [4.69, 9.17) is 33.4 Å². The molecule has 3 N–H and O–H groups in total. The third-order valence-corrected chi connectivity index (χ3v) is 24.4. The first-order valence-corrected chi connectivity index (χ1v) is 35.6. The Morgan fingerprint density at radius 3 is 1.39 bits per heavy atom. The molecule has 0 aromatic carbocycles. The third kappa shape index (κ3) is 25.6. The van der Waals surface area contributed by atoms with Gasteiger partial charge in [-0.1, -0.05) is 145 Å². The molecule has 0 spiro atoms. The normalized spacial score (nSPS) is 31.0. The van der Waals surface area contributed by atoms with Gasteiger partial charge in [-0.05, 0) is 215 Å². The number of ether oxygens (including phenoxy) is 3. The van der Waals surface area contributed by atoms with E-state index in [1.807, 2.05) is 11.8 Å². The van der Waals surface area contributed by atoms with E-state index in [1.54, 1.807) is 18.1 Å². The zero-order valence-electron chi connectivity index (χ0n) is 61.5. The second-order valence-electron chi connectivity index (χ2n) is 30.8. The topological polar surface area (TPSA) is 248 Å². The van der Waals surface area contributed by atoms with Gasteiger partial charge in [0.2, 0.25) is 11.8 Å². The molecule has 0 radical (unpaired) electrons. The molecule has 0 saturated heterocycles. The number of esters is 1. The minimum atomic E-state index is -1.24. The van der Waals surface area contributed by atoms with Crippen molar-refractivity contribution in [1.29, 1.82) is 0 Å². The Morgan fingerprint density at radius 1 is 0.600 bits per heavy atom. The molecule has 20 heteroatoms. The Morgan fingerprint density at radius 2 is 1.01 bits per heavy atom. The third-order valence-electron chi connectivity index (χ3n) is 24.4. The van der Waals surface area contributed by atoms with E-state index in [-0.39, 0.29) is 138 Å². The molecule has 0 aliphatic heterocycles. The summed E-state index contributed by atoms with van der Waals surface area (Å²) in [5.41, 5.74) is 5.01. The Bertz CT molecular complexity index is 2410. The summed E-state index contributed by atoms with van der Waals surface area (Å²) in [5, 5.41) is 16.4. The van der Waals surface area contributed by atoms with Crippen LogP contribution in [0.4, 0.5) is 0 Å². The smallest absolute Gasteiger partial charge is 0.870 e. The molecule has 8 aliphatic carbocycles. The average molecular weight is 1310 g/mol. The number of allylic oxidation sites excluding steroid dienone is 2. The van der Waals surface area contributed by atoms with Crippen molar-refractivity contribution in [3.63, 3.8) is 0 Å². The molecule has 2 amide bonds. The van der Waals surface area contributed by atoms with Crippen LogP contribution in [-0.4, -0.2) is 129 Å². The SMILES string of the molecule is C.CCCN(CC(=O)NCCO[C@H]1CC[C@@]2(C)C(=CC[C@H]3[C@@H]4CC[C@H]([C@H](C)CCCC(C)C)[C@@]4(C)CC[C@@H]32)C1)CC(=O)OCC.O=C=O.O=C=O.[CH2-]N(CC(=O)[O-])CC(=O)NCCO[C@H]1CC[C@@]2(C)C(=CC[C@H]3[C@@H]4CC[C@H]([C@H](C)CCCC(C)C)[C@@]4(C)CC[C@@H]32)C1.[Li+].[Li+].[Li+].[OH-]. The van der Waals surface area contributed by atoms with Crippen molar-refractivity contribution in [2.75, 3.05) is 65.6 Å². The molecule has 0 heterocycles. The van der Waals surface area contributed by atoms with E-state index < -0.39 is 5.97 Å². The summed E-state index contributed by atoms with van der Waals surface area (Å²) in [6, 6.07) is 0. The molecular formula is C75H127Li3N4O13. The first-order valence-electron chi connectivity index (χ1n) is 35.6. The predicted octanol–water partition coefficient (Wildman–Crippen LogP) is 3.48. The van der Waals surface area contributed by atoms with Gasteiger partial charge in [0.25, 0.3) is 0 Å². The molecule has 17 nitrogen and oxygen atoms in total. The molecular weight excluding hydrogens is 1190 g/mol. The molecule has 0 unspecified atom stereocenters. The number of fused-ring (bicyclic) bond motifs is 10. The summed E-state index contributed by atoms with van der Waals surface area (Å²) < 4.78 is 17.6. The number of carbonyl (C=O) groups excluding carboxylic acids is 8. The van der Waals surface area contributed by atoms with E-state index in [9.17, 15) is 24.3 Å². The van der Waals surface area contributed by atoms with Crippen molar-refractivity contribution in [3.05, 3.63) is 30.3 Å². The largest absolute Gasteiger partial charge is 1.00 e. The number of aliphatic carboxylic acids is 1. The summed E-state index contributed by atoms with van der Waals surface area (Å²) in [6.45, 7) is 31.9. The molecule has 8 rings (SSSR count). The number of hydrogen-bond donors (Lipinski definition) is 2. The summed E-state index contributed by atoms with van der Waals surface area (Å²) in [6.07, 6.45) is 36.1. The van der Waals surface area contributed by atoms with Crippen molar-refractivity contribution in [1.82, 2.24) is 20.4 Å². The van der Waals surface area contributed by atoms with Crippen LogP contribution in [0.1, 0.15) is 238 Å². The van der Waals surface area contributed by atoms with E-state index >= 15 is 0 Å². The minimum Gasteiger partial charge on any atom is -0.870 e. The number of amides is 2. The van der Waals surface area contributed by atoms with Crippen LogP contribution in [0.5, 0.6) is 0 Å². The standard InChI is InChI=1S/C38H66N2O4.C34H57N2O4.2CO2.CH4.3Li.H2O/c1-8-22-40(26-36(42)43-9-2)25-35(41)39-21-23-44-30-17-19-37(6)29(24-30)13-14-31-33-16-15-32(28(5)12-10-11-27(3)4)38(33,7)20-18-34(31)37;1-23(2)8-7-9-24(3)28-12-13-29-27-11-10-25-20-26(14-16-33(25,4)30(27)15-17-34(28,29)5)40-19-18-35-31(37)21-36(6)22-32(38)39;2*2-1-3;;;;;/h13,27-28,30-34H,8-12,14-26H2,1-7H3,(H,39,41);10,23-24,26-30H,6-9,11-22H2,1-5H3,(H,35,37)(H,38,39);;;1H4;;;;1H2/q;-1;;;;3*+1;/p-2/t28-,30+,31+,32-,33+,34+,37+,38-;24-,26+,27+,28-,29+,30+,33+,34-;;;;;;;/m11......./s1. The number of carbonyl (C=O) groups is 4. The molecule has 6 saturated carbocycles. The first-order chi connectivity index (χ1) is 42.8. The summed E-state index contributed by atoms with van der Waals surface area (Å²) in [4.78, 5) is 82.6. The first kappa shape index (κ1) is 92.7. The summed E-state index contributed by atoms with van der Waals surface area (Å²) >= 11 is 0. The summed E-state index contributed by atoms with van der Waals surface area (Å²) in [7, 11) is 3.56. The Balaban J connectivity index is 0.00000164. The van der Waals surface area contributed by atoms with Crippen molar-refractivity contribution >= 4 is 36.1 Å². The van der Waals surface area contributed by atoms with Crippen molar-refractivity contribution in [2.24, 2.45) is 92.7 Å². The Labute approximate surface area is 611 Å². The second kappa shape index (κ2) is 44.9. The summed E-state index contributed by atoms with van der Waals surface area (Å²) in [5.74, 6) is 8.48. The van der Waals surface area contributed by atoms with Crippen LogP contribution in [0.3, 0.4) is 0 Å². The van der Waals surface area contributed by atoms with Crippen LogP contribution in [0.25, 0.3) is 0 Å². The van der Waals surface area contributed by atoms with Gasteiger partial charge in [0, 0.05) is 19.6 Å². The number of nitrogens with one attached hydrogen (secondary N) is 2. The molecule has 8 aliphatic rings. The minimum absolute atomic E-state index is 0. The van der Waals surface area contributed by atoms with Crippen LogP contribution >= 0.6 is 0 Å². The van der Waals surface area contributed by atoms with Gasteiger partial charge in [0.05, 0.1) is 57.6 Å². The van der Waals surface area contributed by atoms with E-state index in [0.29, 0.717) is 61.1 Å². The van der Waals surface area contributed by atoms with Gasteiger partial charge < -0.3 is 45.1 Å². The van der Waals surface area contributed by atoms with Gasteiger partial charge >= 0.3 is 74.9 Å². The fourth-order valence-corrected chi connectivity index (χ4v) is 20.1. The Kier molecular flexibility index (Phi) is 43.8. The van der Waals surface area contributed by atoms with Crippen molar-refractivity contribution in [3.8, 4) is 0 Å². The van der Waals surface area contributed by atoms with E-state index in [1.165, 1.54) is 120 Å². The molecule has 0 bridgehead atoms. The predicted molar refractivity (Wildman–Crippen MR) is 356 cm³/mol. The van der Waals surface area contributed by atoms with Crippen LogP contribution in [0.15, 0.2) is 23.3 Å². The van der Waals surface area contributed by atoms with Gasteiger partial charge in [-0.25, -0.2) is 0 Å². The van der Waals surface area contributed by atoms with E-state index in [0.717, 1.165) is 103 Å². The zero-order chi connectivity index (χ0) is 66.4. The maximum absolute atomic E-state index is 12.5. The molecule has 6 fully saturated rings. The number of hydrogen-bond acceptors (Lipinski definition) is 15.